The Morgan fingerprint density at radius 2 is 1.74 bits per heavy atom. The molecule has 0 saturated carbocycles. The zero-order valence-corrected chi connectivity index (χ0v) is 20.3. The number of amides is 3. The van der Waals surface area contributed by atoms with E-state index in [1.165, 1.54) is 17.0 Å². The van der Waals surface area contributed by atoms with Gasteiger partial charge in [-0.3, -0.25) is 24.6 Å². The third-order valence-electron chi connectivity index (χ3n) is 4.87. The average Bonchev–Trinajstić information content (AvgIpc) is 2.83. The molecule has 0 aromatic heterocycles. The predicted octanol–water partition coefficient (Wildman–Crippen LogP) is 4.84. The fourth-order valence-corrected chi connectivity index (χ4v) is 3.88. The van der Waals surface area contributed by atoms with Gasteiger partial charge in [0.15, 0.2) is 11.7 Å². The largest absolute Gasteiger partial charge is 0.482 e. The molecule has 0 bridgehead atoms. The van der Waals surface area contributed by atoms with Crippen molar-refractivity contribution in [3.05, 3.63) is 94.0 Å². The molecule has 1 heterocycles. The number of hydrogen-bond acceptors (Lipinski definition) is 5. The summed E-state index contributed by atoms with van der Waals surface area (Å²) in [5.74, 6) is -1.27. The number of anilines is 2. The van der Waals surface area contributed by atoms with Gasteiger partial charge in [-0.15, -0.1) is 0 Å². The number of thiocarbonyl (C=S) groups is 1. The molecule has 35 heavy (non-hydrogen) atoms. The van der Waals surface area contributed by atoms with E-state index >= 15 is 0 Å². The second kappa shape index (κ2) is 10.7. The molecule has 4 rings (SSSR count). The lowest BCUT2D eigenvalue weighted by atomic mass is 10.1. The Morgan fingerprint density at radius 3 is 2.43 bits per heavy atom. The molecule has 0 radical (unpaired) electrons. The van der Waals surface area contributed by atoms with Gasteiger partial charge in [0.05, 0.1) is 10.7 Å². The molecule has 176 valence electrons. The number of halogens is 2. The Kier molecular flexibility index (Phi) is 7.45. The molecule has 0 spiro atoms. The number of carbonyl (C=O) groups excluding carboxylic acids is 3. The summed E-state index contributed by atoms with van der Waals surface area (Å²) in [6.45, 7) is -0.271. The minimum Gasteiger partial charge on any atom is -0.482 e. The number of hydrogen-bond donors (Lipinski definition) is 2. The quantitative estimate of drug-likeness (QED) is 0.273. The van der Waals surface area contributed by atoms with E-state index < -0.39 is 11.8 Å². The molecule has 3 amide bonds. The fraction of sp³-hybridized carbons (Fsp3) is 0.0400. The van der Waals surface area contributed by atoms with Crippen LogP contribution in [-0.4, -0.2) is 29.4 Å². The highest BCUT2D eigenvalue weighted by Crippen LogP contribution is 2.28. The minimum atomic E-state index is -0.609. The van der Waals surface area contributed by atoms with Crippen LogP contribution in [0.4, 0.5) is 11.4 Å². The highest BCUT2D eigenvalue weighted by molar-refractivity contribution is 7.80. The second-order valence-corrected chi connectivity index (χ2v) is 8.56. The molecule has 1 aliphatic rings. The van der Waals surface area contributed by atoms with Gasteiger partial charge in [0.2, 0.25) is 0 Å². The highest BCUT2D eigenvalue weighted by Gasteiger charge is 2.34. The Balaban J connectivity index is 1.46. The van der Waals surface area contributed by atoms with Crippen molar-refractivity contribution >= 4 is 75.7 Å². The maximum Gasteiger partial charge on any atom is 0.270 e. The number of para-hydroxylation sites is 1. The summed E-state index contributed by atoms with van der Waals surface area (Å²) >= 11 is 17.3. The summed E-state index contributed by atoms with van der Waals surface area (Å²) < 4.78 is 5.51. The molecule has 2 N–H and O–H groups in total. The third kappa shape index (κ3) is 5.86. The van der Waals surface area contributed by atoms with Crippen LogP contribution in [0, 0.1) is 0 Å². The Bertz CT molecular complexity index is 1340. The van der Waals surface area contributed by atoms with Gasteiger partial charge in [-0.05, 0) is 72.4 Å². The van der Waals surface area contributed by atoms with Crippen molar-refractivity contribution in [2.45, 2.75) is 0 Å². The molecule has 1 aliphatic heterocycles. The van der Waals surface area contributed by atoms with Crippen LogP contribution < -0.4 is 20.3 Å². The van der Waals surface area contributed by atoms with E-state index in [1.54, 1.807) is 60.7 Å². The summed E-state index contributed by atoms with van der Waals surface area (Å²) in [4.78, 5) is 38.9. The van der Waals surface area contributed by atoms with Crippen molar-refractivity contribution in [3.8, 4) is 5.75 Å². The SMILES string of the molecule is O=C(COc1ccc(/C=C2/C(=O)NC(=S)N(c3ccccc3)C2=O)cc1Cl)Nc1ccc(Cl)cc1. The maximum absolute atomic E-state index is 13.0. The fourth-order valence-electron chi connectivity index (χ4n) is 3.23. The summed E-state index contributed by atoms with van der Waals surface area (Å²) in [6, 6.07) is 20.1. The van der Waals surface area contributed by atoms with Crippen LogP contribution in [0.15, 0.2) is 78.4 Å². The Hall–Kier alpha value is -3.72. The highest BCUT2D eigenvalue weighted by atomic mass is 35.5. The van der Waals surface area contributed by atoms with Crippen molar-refractivity contribution in [2.24, 2.45) is 0 Å². The lowest BCUT2D eigenvalue weighted by molar-refractivity contribution is -0.122. The summed E-state index contributed by atoms with van der Waals surface area (Å²) in [6.07, 6.45) is 1.41. The standard InChI is InChI=1S/C25H17Cl2N3O4S/c26-16-7-9-17(10-8-16)28-22(31)14-34-21-11-6-15(13-20(21)27)12-19-23(32)29-25(35)30(24(19)33)18-4-2-1-3-5-18/h1-13H,14H2,(H,28,31)(H,29,32,35)/b19-12-. The van der Waals surface area contributed by atoms with Gasteiger partial charge in [-0.25, -0.2) is 0 Å². The first-order chi connectivity index (χ1) is 16.8. The van der Waals surface area contributed by atoms with E-state index in [-0.39, 0.29) is 34.0 Å². The summed E-state index contributed by atoms with van der Waals surface area (Å²) in [7, 11) is 0. The van der Waals surface area contributed by atoms with Crippen LogP contribution in [0.25, 0.3) is 6.08 Å². The molecule has 0 unspecified atom stereocenters. The topological polar surface area (TPSA) is 87.7 Å². The van der Waals surface area contributed by atoms with Gasteiger partial charge >= 0.3 is 0 Å². The number of benzene rings is 3. The zero-order chi connectivity index (χ0) is 24.9. The number of ether oxygens (including phenoxy) is 1. The predicted molar refractivity (Wildman–Crippen MR) is 140 cm³/mol. The van der Waals surface area contributed by atoms with E-state index in [0.29, 0.717) is 22.0 Å². The molecule has 10 heteroatoms. The summed E-state index contributed by atoms with van der Waals surface area (Å²) in [5, 5.41) is 5.98. The molecule has 1 fully saturated rings. The van der Waals surface area contributed by atoms with Gasteiger partial charge in [0.1, 0.15) is 11.3 Å². The molecule has 1 saturated heterocycles. The van der Waals surface area contributed by atoms with Crippen LogP contribution in [0.1, 0.15) is 5.56 Å². The normalized spacial score (nSPS) is 14.6. The van der Waals surface area contributed by atoms with Crippen molar-refractivity contribution < 1.29 is 19.1 Å². The third-order valence-corrected chi connectivity index (χ3v) is 5.70. The van der Waals surface area contributed by atoms with Crippen molar-refractivity contribution in [3.63, 3.8) is 0 Å². The van der Waals surface area contributed by atoms with Crippen molar-refractivity contribution in [1.29, 1.82) is 0 Å². The Morgan fingerprint density at radius 1 is 1.03 bits per heavy atom. The number of nitrogens with zero attached hydrogens (tertiary/aromatic N) is 1. The average molecular weight is 526 g/mol. The Labute approximate surface area is 216 Å². The smallest absolute Gasteiger partial charge is 0.270 e. The number of carbonyl (C=O) groups is 3. The zero-order valence-electron chi connectivity index (χ0n) is 18.0. The first-order valence-corrected chi connectivity index (χ1v) is 11.4. The molecular formula is C25H17Cl2N3O4S. The first kappa shape index (κ1) is 24.4. The van der Waals surface area contributed by atoms with Gasteiger partial charge in [0.25, 0.3) is 17.7 Å². The van der Waals surface area contributed by atoms with Crippen molar-refractivity contribution in [1.82, 2.24) is 5.32 Å². The van der Waals surface area contributed by atoms with Gasteiger partial charge in [-0.1, -0.05) is 47.5 Å². The lowest BCUT2D eigenvalue weighted by Crippen LogP contribution is -2.54. The van der Waals surface area contributed by atoms with Gasteiger partial charge in [-0.2, -0.15) is 0 Å². The van der Waals surface area contributed by atoms with Gasteiger partial charge in [0, 0.05) is 10.7 Å². The van der Waals surface area contributed by atoms with E-state index in [1.807, 2.05) is 6.07 Å². The van der Waals surface area contributed by atoms with Crippen LogP contribution in [-0.2, 0) is 14.4 Å². The molecular weight excluding hydrogens is 509 g/mol. The monoisotopic (exact) mass is 525 g/mol. The van der Waals surface area contributed by atoms with Crippen molar-refractivity contribution in [2.75, 3.05) is 16.8 Å². The van der Waals surface area contributed by atoms with Crippen LogP contribution in [0.5, 0.6) is 5.75 Å². The lowest BCUT2D eigenvalue weighted by Gasteiger charge is -2.28. The molecule has 7 nitrogen and oxygen atoms in total. The van der Waals surface area contributed by atoms with Crippen LogP contribution >= 0.6 is 35.4 Å². The van der Waals surface area contributed by atoms with E-state index in [2.05, 4.69) is 10.6 Å². The molecule has 3 aromatic carbocycles. The van der Waals surface area contributed by atoms with Gasteiger partial charge < -0.3 is 10.1 Å². The van der Waals surface area contributed by atoms with Crippen LogP contribution in [0.2, 0.25) is 10.0 Å². The maximum atomic E-state index is 13.0. The molecule has 0 atom stereocenters. The summed E-state index contributed by atoms with van der Waals surface area (Å²) in [5.41, 5.74) is 1.50. The number of nitrogens with one attached hydrogen (secondary N) is 2. The van der Waals surface area contributed by atoms with E-state index in [4.69, 9.17) is 40.2 Å². The molecule has 0 aliphatic carbocycles. The first-order valence-electron chi connectivity index (χ1n) is 10.3. The second-order valence-electron chi connectivity index (χ2n) is 7.33. The molecule has 3 aromatic rings. The van der Waals surface area contributed by atoms with E-state index in [0.717, 1.165) is 0 Å². The van der Waals surface area contributed by atoms with Crippen LogP contribution in [0.3, 0.4) is 0 Å². The number of rotatable bonds is 6. The minimum absolute atomic E-state index is 0.00186. The van der Waals surface area contributed by atoms with E-state index in [9.17, 15) is 14.4 Å².